The molecule has 2 aliphatic rings. The molecule has 0 saturated carbocycles. The highest BCUT2D eigenvalue weighted by Crippen LogP contribution is 2.25. The summed E-state index contributed by atoms with van der Waals surface area (Å²) in [6.45, 7) is 7.62. The molecule has 0 bridgehead atoms. The van der Waals surface area contributed by atoms with E-state index in [-0.39, 0.29) is 0 Å². The standard InChI is InChI=1S/C10H20N2/c1-9-4-3-5-12-7-6-11(2)8-10(9)12/h9-10H,3-8H2,1-2H3. The highest BCUT2D eigenvalue weighted by atomic mass is 15.3. The molecular weight excluding hydrogens is 148 g/mol. The highest BCUT2D eigenvalue weighted by Gasteiger charge is 2.31. The van der Waals surface area contributed by atoms with Crippen LogP contribution in [0.15, 0.2) is 0 Å². The average molecular weight is 168 g/mol. The number of hydrogen-bond acceptors (Lipinski definition) is 2. The normalized spacial score (nSPS) is 39.5. The van der Waals surface area contributed by atoms with Crippen LogP contribution in [0, 0.1) is 5.92 Å². The molecule has 0 aromatic rings. The van der Waals surface area contributed by atoms with Crippen molar-refractivity contribution < 1.29 is 0 Å². The fourth-order valence-electron chi connectivity index (χ4n) is 2.62. The second kappa shape index (κ2) is 3.35. The minimum absolute atomic E-state index is 0.859. The zero-order valence-electron chi connectivity index (χ0n) is 8.29. The van der Waals surface area contributed by atoms with Gasteiger partial charge in [-0.3, -0.25) is 4.90 Å². The third kappa shape index (κ3) is 1.50. The van der Waals surface area contributed by atoms with Gasteiger partial charge in [0.1, 0.15) is 0 Å². The van der Waals surface area contributed by atoms with Crippen molar-refractivity contribution in [3.8, 4) is 0 Å². The summed E-state index contributed by atoms with van der Waals surface area (Å²) in [5.74, 6) is 0.918. The lowest BCUT2D eigenvalue weighted by Gasteiger charge is -2.46. The van der Waals surface area contributed by atoms with Crippen LogP contribution in [0.2, 0.25) is 0 Å². The number of piperidine rings is 1. The van der Waals surface area contributed by atoms with E-state index in [9.17, 15) is 0 Å². The number of rotatable bonds is 0. The van der Waals surface area contributed by atoms with Gasteiger partial charge in [-0.25, -0.2) is 0 Å². The summed E-state index contributed by atoms with van der Waals surface area (Å²) in [5.41, 5.74) is 0. The van der Waals surface area contributed by atoms with Gasteiger partial charge in [-0.15, -0.1) is 0 Å². The van der Waals surface area contributed by atoms with E-state index in [1.807, 2.05) is 0 Å². The number of nitrogens with zero attached hydrogens (tertiary/aromatic N) is 2. The molecular formula is C10H20N2. The summed E-state index contributed by atoms with van der Waals surface area (Å²) >= 11 is 0. The van der Waals surface area contributed by atoms with Crippen molar-refractivity contribution in [3.63, 3.8) is 0 Å². The van der Waals surface area contributed by atoms with Gasteiger partial charge in [0.25, 0.3) is 0 Å². The first-order valence-corrected chi connectivity index (χ1v) is 5.20. The van der Waals surface area contributed by atoms with Crippen molar-refractivity contribution in [3.05, 3.63) is 0 Å². The Morgan fingerprint density at radius 2 is 2.00 bits per heavy atom. The van der Waals surface area contributed by atoms with Gasteiger partial charge in [0.05, 0.1) is 0 Å². The molecule has 0 amide bonds. The predicted octanol–water partition coefficient (Wildman–Crippen LogP) is 1.03. The Hall–Kier alpha value is -0.0800. The summed E-state index contributed by atoms with van der Waals surface area (Å²) in [4.78, 5) is 5.16. The molecule has 2 unspecified atom stereocenters. The molecule has 70 valence electrons. The molecule has 0 aromatic carbocycles. The Morgan fingerprint density at radius 3 is 2.83 bits per heavy atom. The maximum absolute atomic E-state index is 2.69. The maximum atomic E-state index is 2.69. The molecule has 2 nitrogen and oxygen atoms in total. The predicted molar refractivity (Wildman–Crippen MR) is 51.3 cm³/mol. The lowest BCUT2D eigenvalue weighted by Crippen LogP contribution is -2.56. The molecule has 2 aliphatic heterocycles. The second-order valence-corrected chi connectivity index (χ2v) is 4.49. The third-order valence-corrected chi connectivity index (χ3v) is 3.50. The molecule has 0 aromatic heterocycles. The Balaban J connectivity index is 2.00. The summed E-state index contributed by atoms with van der Waals surface area (Å²) in [6, 6.07) is 0.859. The summed E-state index contributed by atoms with van der Waals surface area (Å²) in [6.07, 6.45) is 2.86. The molecule has 2 rings (SSSR count). The first-order chi connectivity index (χ1) is 5.77. The largest absolute Gasteiger partial charge is 0.304 e. The lowest BCUT2D eigenvalue weighted by molar-refractivity contribution is 0.0299. The van der Waals surface area contributed by atoms with Crippen LogP contribution in [0.25, 0.3) is 0 Å². The van der Waals surface area contributed by atoms with Crippen LogP contribution in [0.5, 0.6) is 0 Å². The molecule has 0 N–H and O–H groups in total. The Labute approximate surface area is 75.5 Å². The Morgan fingerprint density at radius 1 is 1.17 bits per heavy atom. The van der Waals surface area contributed by atoms with E-state index < -0.39 is 0 Å². The van der Waals surface area contributed by atoms with Crippen LogP contribution >= 0.6 is 0 Å². The minimum atomic E-state index is 0.859. The third-order valence-electron chi connectivity index (χ3n) is 3.50. The van der Waals surface area contributed by atoms with Crippen LogP contribution < -0.4 is 0 Å². The molecule has 2 saturated heterocycles. The maximum Gasteiger partial charge on any atom is 0.0249 e. The van der Waals surface area contributed by atoms with Crippen LogP contribution in [-0.4, -0.2) is 49.1 Å². The van der Waals surface area contributed by atoms with Crippen LogP contribution in [0.3, 0.4) is 0 Å². The molecule has 2 heterocycles. The first-order valence-electron chi connectivity index (χ1n) is 5.20. The van der Waals surface area contributed by atoms with Gasteiger partial charge in [-0.1, -0.05) is 6.92 Å². The van der Waals surface area contributed by atoms with Crippen molar-refractivity contribution in [2.75, 3.05) is 33.2 Å². The molecule has 0 radical (unpaired) electrons. The van der Waals surface area contributed by atoms with Gasteiger partial charge in [-0.2, -0.15) is 0 Å². The first kappa shape index (κ1) is 8.52. The van der Waals surface area contributed by atoms with Gasteiger partial charge < -0.3 is 4.90 Å². The van der Waals surface area contributed by atoms with Gasteiger partial charge in [0.15, 0.2) is 0 Å². The Bertz CT molecular complexity index is 158. The van der Waals surface area contributed by atoms with E-state index in [0.29, 0.717) is 0 Å². The van der Waals surface area contributed by atoms with Crippen LogP contribution in [-0.2, 0) is 0 Å². The van der Waals surface area contributed by atoms with Crippen molar-refractivity contribution in [2.45, 2.75) is 25.8 Å². The van der Waals surface area contributed by atoms with E-state index >= 15 is 0 Å². The van der Waals surface area contributed by atoms with E-state index in [1.54, 1.807) is 0 Å². The number of piperazine rings is 1. The van der Waals surface area contributed by atoms with Gasteiger partial charge in [-0.05, 0) is 32.4 Å². The molecule has 12 heavy (non-hydrogen) atoms. The highest BCUT2D eigenvalue weighted by molar-refractivity contribution is 4.87. The Kier molecular flexibility index (Phi) is 2.37. The fraction of sp³-hybridized carbons (Fsp3) is 1.00. The van der Waals surface area contributed by atoms with E-state index in [1.165, 1.54) is 39.0 Å². The molecule has 0 aliphatic carbocycles. The van der Waals surface area contributed by atoms with Crippen molar-refractivity contribution in [1.82, 2.24) is 9.80 Å². The van der Waals surface area contributed by atoms with Crippen molar-refractivity contribution in [1.29, 1.82) is 0 Å². The second-order valence-electron chi connectivity index (χ2n) is 4.49. The topological polar surface area (TPSA) is 6.48 Å². The smallest absolute Gasteiger partial charge is 0.0249 e. The van der Waals surface area contributed by atoms with Gasteiger partial charge in [0, 0.05) is 25.7 Å². The molecule has 0 spiro atoms. The summed E-state index contributed by atoms with van der Waals surface area (Å²) < 4.78 is 0. The fourth-order valence-corrected chi connectivity index (χ4v) is 2.62. The molecule has 2 fully saturated rings. The number of likely N-dealkylation sites (N-methyl/N-ethyl adjacent to an activating group) is 1. The molecule has 2 heteroatoms. The monoisotopic (exact) mass is 168 g/mol. The molecule has 2 atom stereocenters. The van der Waals surface area contributed by atoms with Crippen molar-refractivity contribution in [2.24, 2.45) is 5.92 Å². The van der Waals surface area contributed by atoms with Gasteiger partial charge >= 0.3 is 0 Å². The number of hydrogen-bond donors (Lipinski definition) is 0. The lowest BCUT2D eigenvalue weighted by atomic mass is 9.89. The summed E-state index contributed by atoms with van der Waals surface area (Å²) in [5, 5.41) is 0. The summed E-state index contributed by atoms with van der Waals surface area (Å²) in [7, 11) is 2.25. The van der Waals surface area contributed by atoms with E-state index in [2.05, 4.69) is 23.8 Å². The quantitative estimate of drug-likeness (QED) is 0.533. The van der Waals surface area contributed by atoms with E-state index in [0.717, 1.165) is 12.0 Å². The SMILES string of the molecule is CC1CCCN2CCN(C)CC12. The van der Waals surface area contributed by atoms with Gasteiger partial charge in [0.2, 0.25) is 0 Å². The zero-order chi connectivity index (χ0) is 8.55. The average Bonchev–Trinajstić information content (AvgIpc) is 2.07. The van der Waals surface area contributed by atoms with Crippen molar-refractivity contribution >= 4 is 0 Å². The van der Waals surface area contributed by atoms with E-state index in [4.69, 9.17) is 0 Å². The van der Waals surface area contributed by atoms with Crippen LogP contribution in [0.1, 0.15) is 19.8 Å². The minimum Gasteiger partial charge on any atom is -0.304 e. The van der Waals surface area contributed by atoms with Crippen LogP contribution in [0.4, 0.5) is 0 Å². The zero-order valence-corrected chi connectivity index (χ0v) is 8.29. The number of fused-ring (bicyclic) bond motifs is 1.